The Morgan fingerprint density at radius 2 is 1.97 bits per heavy atom. The molecule has 5 aromatic rings. The molecule has 31 heavy (non-hydrogen) atoms. The number of rotatable bonds is 5. The number of hydrogen-bond acceptors (Lipinski definition) is 6. The number of fused-ring (bicyclic) bond motifs is 1. The van der Waals surface area contributed by atoms with Crippen molar-refractivity contribution in [3.8, 4) is 22.1 Å². The molecule has 0 atom stereocenters. The maximum absolute atomic E-state index is 13.3. The second kappa shape index (κ2) is 8.08. The van der Waals surface area contributed by atoms with E-state index in [9.17, 15) is 4.79 Å². The van der Waals surface area contributed by atoms with Crippen LogP contribution in [0.2, 0.25) is 0 Å². The molecule has 0 N–H and O–H groups in total. The predicted molar refractivity (Wildman–Crippen MR) is 120 cm³/mol. The maximum Gasteiger partial charge on any atom is 0.256 e. The third kappa shape index (κ3) is 3.69. The van der Waals surface area contributed by atoms with E-state index in [0.29, 0.717) is 12.1 Å². The van der Waals surface area contributed by atoms with E-state index in [2.05, 4.69) is 15.0 Å². The van der Waals surface area contributed by atoms with Crippen molar-refractivity contribution in [3.63, 3.8) is 0 Å². The lowest BCUT2D eigenvalue weighted by atomic mass is 10.2. The van der Waals surface area contributed by atoms with Gasteiger partial charge >= 0.3 is 0 Å². The second-order valence-electron chi connectivity index (χ2n) is 7.01. The molecule has 0 aliphatic rings. The molecule has 0 saturated heterocycles. The lowest BCUT2D eigenvalue weighted by molar-refractivity contribution is 0.0785. The molecule has 0 bridgehead atoms. The molecule has 0 unspecified atom stereocenters. The molecule has 0 aliphatic heterocycles. The molecule has 0 fully saturated rings. The normalized spacial score (nSPS) is 11.0. The van der Waals surface area contributed by atoms with Crippen LogP contribution < -0.4 is 0 Å². The van der Waals surface area contributed by atoms with E-state index in [4.69, 9.17) is 4.98 Å². The number of nitrogens with zero attached hydrogens (tertiary/aromatic N) is 6. The zero-order chi connectivity index (χ0) is 21.2. The van der Waals surface area contributed by atoms with Crippen molar-refractivity contribution in [3.05, 3.63) is 90.1 Å². The van der Waals surface area contributed by atoms with Crippen molar-refractivity contribution in [2.75, 3.05) is 7.05 Å². The molecule has 0 radical (unpaired) electrons. The summed E-state index contributed by atoms with van der Waals surface area (Å²) < 4.78 is 2.00. The molecule has 0 aliphatic carbocycles. The highest BCUT2D eigenvalue weighted by Crippen LogP contribution is 2.31. The maximum atomic E-state index is 13.3. The highest BCUT2D eigenvalue weighted by atomic mass is 32.1. The fourth-order valence-corrected chi connectivity index (χ4v) is 4.23. The van der Waals surface area contributed by atoms with Gasteiger partial charge in [-0.1, -0.05) is 12.1 Å². The fraction of sp³-hybridized carbons (Fsp3) is 0.0870. The van der Waals surface area contributed by atoms with Gasteiger partial charge in [-0.25, -0.2) is 4.98 Å². The van der Waals surface area contributed by atoms with Crippen LogP contribution in [0.15, 0.2) is 78.8 Å². The summed E-state index contributed by atoms with van der Waals surface area (Å²) in [7, 11) is 1.79. The third-order valence-corrected chi connectivity index (χ3v) is 5.79. The largest absolute Gasteiger partial charge is 0.336 e. The molecule has 152 valence electrons. The molecule has 5 aromatic heterocycles. The summed E-state index contributed by atoms with van der Waals surface area (Å²) in [6, 6.07) is 13.4. The topological polar surface area (TPSA) is 76.3 Å². The van der Waals surface area contributed by atoms with Crippen LogP contribution in [-0.2, 0) is 6.54 Å². The average Bonchev–Trinajstić information content (AvgIpc) is 3.45. The zero-order valence-electron chi connectivity index (χ0n) is 16.7. The van der Waals surface area contributed by atoms with Gasteiger partial charge < -0.3 is 9.30 Å². The van der Waals surface area contributed by atoms with E-state index in [1.165, 1.54) is 11.3 Å². The Morgan fingerprint density at radius 3 is 2.77 bits per heavy atom. The van der Waals surface area contributed by atoms with Gasteiger partial charge in [-0.3, -0.25) is 19.7 Å². The number of carbonyl (C=O) groups is 1. The molecular formula is C23H18N6OS. The number of hydrogen-bond donors (Lipinski definition) is 0. The lowest BCUT2D eigenvalue weighted by Crippen LogP contribution is -2.26. The van der Waals surface area contributed by atoms with Gasteiger partial charge in [0.25, 0.3) is 5.91 Å². The predicted octanol–water partition coefficient (Wildman–Crippen LogP) is 4.19. The Kier molecular flexibility index (Phi) is 4.97. The number of thiazole rings is 1. The first kappa shape index (κ1) is 19.1. The van der Waals surface area contributed by atoms with E-state index in [1.54, 1.807) is 36.7 Å². The first-order valence-corrected chi connectivity index (χ1v) is 10.6. The van der Waals surface area contributed by atoms with Crippen LogP contribution >= 0.6 is 11.3 Å². The Labute approximate surface area is 182 Å². The first-order chi connectivity index (χ1) is 15.2. The number of carbonyl (C=O) groups excluding carboxylic acids is 1. The summed E-state index contributed by atoms with van der Waals surface area (Å²) >= 11 is 1.50. The smallest absolute Gasteiger partial charge is 0.256 e. The quantitative estimate of drug-likeness (QED) is 0.421. The van der Waals surface area contributed by atoms with Gasteiger partial charge in [0, 0.05) is 37.2 Å². The third-order valence-electron chi connectivity index (χ3n) is 4.93. The van der Waals surface area contributed by atoms with E-state index < -0.39 is 0 Å². The van der Waals surface area contributed by atoms with Crippen molar-refractivity contribution in [1.29, 1.82) is 0 Å². The van der Waals surface area contributed by atoms with Crippen molar-refractivity contribution in [2.24, 2.45) is 0 Å². The second-order valence-corrected chi connectivity index (χ2v) is 7.87. The minimum Gasteiger partial charge on any atom is -0.336 e. The van der Waals surface area contributed by atoms with Crippen molar-refractivity contribution in [2.45, 2.75) is 6.54 Å². The van der Waals surface area contributed by atoms with Crippen LogP contribution in [0, 0.1) is 0 Å². The Morgan fingerprint density at radius 1 is 1.06 bits per heavy atom. The molecule has 8 heteroatoms. The van der Waals surface area contributed by atoms with Crippen molar-refractivity contribution >= 4 is 22.8 Å². The molecule has 0 saturated carbocycles. The van der Waals surface area contributed by atoms with Gasteiger partial charge in [-0.05, 0) is 30.3 Å². The monoisotopic (exact) mass is 426 g/mol. The molecule has 5 rings (SSSR count). The van der Waals surface area contributed by atoms with Crippen LogP contribution in [0.5, 0.6) is 0 Å². The molecule has 0 aromatic carbocycles. The Bertz CT molecular complexity index is 1350. The van der Waals surface area contributed by atoms with Gasteiger partial charge in [-0.15, -0.1) is 11.3 Å². The van der Waals surface area contributed by atoms with Gasteiger partial charge in [0.05, 0.1) is 40.9 Å². The molecular weight excluding hydrogens is 408 g/mol. The summed E-state index contributed by atoms with van der Waals surface area (Å²) in [5.41, 5.74) is 4.68. The standard InChI is InChI=1S/C23H18N6OS/c1-28(14-16-6-2-4-8-25-16)23(30)17-12-21(29-11-5-3-7-20(17)29)19-15-31-22(27-19)18-13-24-9-10-26-18/h2-13,15H,14H2,1H3. The van der Waals surface area contributed by atoms with Gasteiger partial charge in [0.1, 0.15) is 10.7 Å². The van der Waals surface area contributed by atoms with Gasteiger partial charge in [0.15, 0.2) is 0 Å². The SMILES string of the molecule is CN(Cc1ccccn1)C(=O)c1cc(-c2csc(-c3cnccn3)n2)n2ccccc12. The lowest BCUT2D eigenvalue weighted by Gasteiger charge is -2.16. The van der Waals surface area contributed by atoms with Crippen LogP contribution in [0.1, 0.15) is 16.1 Å². The van der Waals surface area contributed by atoms with Crippen LogP contribution in [-0.4, -0.2) is 42.2 Å². The van der Waals surface area contributed by atoms with E-state index in [0.717, 1.165) is 33.3 Å². The van der Waals surface area contributed by atoms with Crippen LogP contribution in [0.25, 0.3) is 27.6 Å². The highest BCUT2D eigenvalue weighted by molar-refractivity contribution is 7.13. The average molecular weight is 427 g/mol. The van der Waals surface area contributed by atoms with E-state index in [-0.39, 0.29) is 5.91 Å². The van der Waals surface area contributed by atoms with E-state index >= 15 is 0 Å². The Balaban J connectivity index is 1.52. The van der Waals surface area contributed by atoms with Crippen LogP contribution in [0.3, 0.4) is 0 Å². The summed E-state index contributed by atoms with van der Waals surface area (Å²) in [4.78, 5) is 32.5. The zero-order valence-corrected chi connectivity index (χ0v) is 17.5. The Hall–Kier alpha value is -3.91. The van der Waals surface area contributed by atoms with Crippen LogP contribution in [0.4, 0.5) is 0 Å². The first-order valence-electron chi connectivity index (χ1n) is 9.68. The minimum absolute atomic E-state index is 0.0648. The molecule has 0 spiro atoms. The molecule has 7 nitrogen and oxygen atoms in total. The highest BCUT2D eigenvalue weighted by Gasteiger charge is 2.21. The molecule has 1 amide bonds. The van der Waals surface area contributed by atoms with Gasteiger partial charge in [-0.2, -0.15) is 0 Å². The van der Waals surface area contributed by atoms with Crippen molar-refractivity contribution in [1.82, 2.24) is 29.2 Å². The van der Waals surface area contributed by atoms with E-state index in [1.807, 2.05) is 58.4 Å². The number of pyridine rings is 2. The van der Waals surface area contributed by atoms with Gasteiger partial charge in [0.2, 0.25) is 0 Å². The minimum atomic E-state index is -0.0648. The fourth-order valence-electron chi connectivity index (χ4n) is 3.45. The number of aromatic nitrogens is 5. The summed E-state index contributed by atoms with van der Waals surface area (Å²) in [5, 5.41) is 2.76. The summed E-state index contributed by atoms with van der Waals surface area (Å²) in [6.45, 7) is 0.437. The van der Waals surface area contributed by atoms with Crippen molar-refractivity contribution < 1.29 is 4.79 Å². The summed E-state index contributed by atoms with van der Waals surface area (Å²) in [6.07, 6.45) is 8.66. The number of amides is 1. The summed E-state index contributed by atoms with van der Waals surface area (Å²) in [5.74, 6) is -0.0648. The molecule has 5 heterocycles.